The molecule has 1 aromatic heterocycles. The molecule has 90 valence electrons. The zero-order chi connectivity index (χ0) is 11.8. The van der Waals surface area contributed by atoms with Gasteiger partial charge in [-0.3, -0.25) is 0 Å². The Morgan fingerprint density at radius 2 is 2.06 bits per heavy atom. The molecule has 5 heteroatoms. The zero-order valence-electron chi connectivity index (χ0n) is 9.58. The average molecular weight is 244 g/mol. The van der Waals surface area contributed by atoms with Crippen molar-refractivity contribution in [2.24, 2.45) is 0 Å². The standard InChI is InChI=1S/C11H18ClN3O/c1-2-3-4-5-6-7-16-10-9(12)8-14-11(13)15-10/h8H,2-7H2,1H3,(H2,13,14,15). The first kappa shape index (κ1) is 13.0. The minimum absolute atomic E-state index is 0.186. The Balaban J connectivity index is 2.23. The zero-order valence-corrected chi connectivity index (χ0v) is 10.3. The predicted molar refractivity (Wildman–Crippen MR) is 65.7 cm³/mol. The first-order chi connectivity index (χ1) is 7.74. The number of ether oxygens (including phenoxy) is 1. The topological polar surface area (TPSA) is 61.0 Å². The van der Waals surface area contributed by atoms with Gasteiger partial charge < -0.3 is 10.5 Å². The first-order valence-corrected chi connectivity index (χ1v) is 6.02. The molecule has 0 saturated carbocycles. The van der Waals surface area contributed by atoms with Gasteiger partial charge in [0.1, 0.15) is 5.02 Å². The highest BCUT2D eigenvalue weighted by Gasteiger charge is 2.04. The Hall–Kier alpha value is -1.03. The van der Waals surface area contributed by atoms with Gasteiger partial charge in [-0.05, 0) is 6.42 Å². The van der Waals surface area contributed by atoms with Crippen LogP contribution in [0.4, 0.5) is 5.95 Å². The lowest BCUT2D eigenvalue weighted by molar-refractivity contribution is 0.293. The summed E-state index contributed by atoms with van der Waals surface area (Å²) in [7, 11) is 0. The summed E-state index contributed by atoms with van der Waals surface area (Å²) in [4.78, 5) is 7.68. The van der Waals surface area contributed by atoms with E-state index in [0.717, 1.165) is 6.42 Å². The second-order valence-corrected chi connectivity index (χ2v) is 4.05. The van der Waals surface area contributed by atoms with Crippen molar-refractivity contribution in [2.75, 3.05) is 12.3 Å². The Kier molecular flexibility index (Phi) is 5.93. The molecular formula is C11H18ClN3O. The molecule has 0 aliphatic heterocycles. The summed E-state index contributed by atoms with van der Waals surface area (Å²) in [6.07, 6.45) is 7.42. The number of hydrogen-bond donors (Lipinski definition) is 1. The molecular weight excluding hydrogens is 226 g/mol. The molecule has 16 heavy (non-hydrogen) atoms. The lowest BCUT2D eigenvalue weighted by atomic mass is 10.2. The Morgan fingerprint density at radius 3 is 2.81 bits per heavy atom. The van der Waals surface area contributed by atoms with E-state index in [1.165, 1.54) is 31.9 Å². The van der Waals surface area contributed by atoms with Crippen LogP contribution in [0.3, 0.4) is 0 Å². The number of hydrogen-bond acceptors (Lipinski definition) is 4. The van der Waals surface area contributed by atoms with Crippen LogP contribution < -0.4 is 10.5 Å². The molecule has 2 N–H and O–H groups in total. The van der Waals surface area contributed by atoms with E-state index in [1.807, 2.05) is 0 Å². The molecule has 0 aromatic carbocycles. The summed E-state index contributed by atoms with van der Waals surface area (Å²) in [6, 6.07) is 0. The molecule has 0 radical (unpaired) electrons. The third-order valence-corrected chi connectivity index (χ3v) is 2.48. The Labute approximate surface area is 101 Å². The van der Waals surface area contributed by atoms with E-state index in [4.69, 9.17) is 22.1 Å². The van der Waals surface area contributed by atoms with E-state index < -0.39 is 0 Å². The van der Waals surface area contributed by atoms with Crippen molar-refractivity contribution >= 4 is 17.5 Å². The van der Waals surface area contributed by atoms with Gasteiger partial charge in [0.2, 0.25) is 11.8 Å². The predicted octanol–water partition coefficient (Wildman–Crippen LogP) is 3.06. The summed E-state index contributed by atoms with van der Waals surface area (Å²) in [5.41, 5.74) is 5.44. The van der Waals surface area contributed by atoms with Gasteiger partial charge in [-0.1, -0.05) is 44.2 Å². The number of rotatable bonds is 7. The van der Waals surface area contributed by atoms with Crippen molar-refractivity contribution < 1.29 is 4.74 Å². The average Bonchev–Trinajstić information content (AvgIpc) is 2.28. The largest absolute Gasteiger partial charge is 0.476 e. The van der Waals surface area contributed by atoms with Crippen molar-refractivity contribution in [1.82, 2.24) is 9.97 Å². The molecule has 0 unspecified atom stereocenters. The quantitative estimate of drug-likeness (QED) is 0.748. The number of nitrogens with zero attached hydrogens (tertiary/aromatic N) is 2. The maximum atomic E-state index is 5.85. The van der Waals surface area contributed by atoms with Crippen LogP contribution in [0.5, 0.6) is 5.88 Å². The summed E-state index contributed by atoms with van der Waals surface area (Å²) >= 11 is 5.85. The molecule has 0 amide bonds. The van der Waals surface area contributed by atoms with Crippen molar-refractivity contribution in [3.63, 3.8) is 0 Å². The smallest absolute Gasteiger partial charge is 0.237 e. The lowest BCUT2D eigenvalue weighted by Gasteiger charge is -2.06. The minimum Gasteiger partial charge on any atom is -0.476 e. The first-order valence-electron chi connectivity index (χ1n) is 5.65. The number of anilines is 1. The van der Waals surface area contributed by atoms with Gasteiger partial charge in [-0.2, -0.15) is 4.98 Å². The maximum absolute atomic E-state index is 5.85. The number of nitrogens with two attached hydrogens (primary N) is 1. The molecule has 0 aliphatic rings. The molecule has 0 aliphatic carbocycles. The molecule has 1 rings (SSSR count). The second-order valence-electron chi connectivity index (χ2n) is 3.64. The monoisotopic (exact) mass is 243 g/mol. The van der Waals surface area contributed by atoms with Crippen molar-refractivity contribution in [3.05, 3.63) is 11.2 Å². The normalized spacial score (nSPS) is 10.4. The van der Waals surface area contributed by atoms with Crippen LogP contribution in [-0.2, 0) is 0 Å². The van der Waals surface area contributed by atoms with E-state index in [9.17, 15) is 0 Å². The van der Waals surface area contributed by atoms with Gasteiger partial charge in [0, 0.05) is 0 Å². The minimum atomic E-state index is 0.186. The van der Waals surface area contributed by atoms with Gasteiger partial charge in [-0.25, -0.2) is 4.98 Å². The molecule has 4 nitrogen and oxygen atoms in total. The number of unbranched alkanes of at least 4 members (excludes halogenated alkanes) is 4. The SMILES string of the molecule is CCCCCCCOc1nc(N)ncc1Cl. The van der Waals surface area contributed by atoms with Crippen LogP contribution in [0, 0.1) is 0 Å². The van der Waals surface area contributed by atoms with Crippen molar-refractivity contribution in [2.45, 2.75) is 39.0 Å². The van der Waals surface area contributed by atoms with Crippen molar-refractivity contribution in [1.29, 1.82) is 0 Å². The molecule has 1 heterocycles. The summed E-state index contributed by atoms with van der Waals surface area (Å²) in [5, 5.41) is 0.405. The van der Waals surface area contributed by atoms with E-state index in [1.54, 1.807) is 0 Å². The fraction of sp³-hybridized carbons (Fsp3) is 0.636. The van der Waals surface area contributed by atoms with E-state index in [0.29, 0.717) is 17.5 Å². The van der Waals surface area contributed by atoms with E-state index >= 15 is 0 Å². The van der Waals surface area contributed by atoms with E-state index in [2.05, 4.69) is 16.9 Å². The molecule has 0 bridgehead atoms. The lowest BCUT2D eigenvalue weighted by Crippen LogP contribution is -2.02. The highest BCUT2D eigenvalue weighted by Crippen LogP contribution is 2.21. The van der Waals surface area contributed by atoms with Gasteiger partial charge >= 0.3 is 0 Å². The van der Waals surface area contributed by atoms with Crippen LogP contribution in [0.1, 0.15) is 39.0 Å². The van der Waals surface area contributed by atoms with Crippen molar-refractivity contribution in [3.8, 4) is 5.88 Å². The maximum Gasteiger partial charge on any atom is 0.237 e. The molecule has 1 aromatic rings. The number of nitrogen functional groups attached to an aromatic ring is 1. The van der Waals surface area contributed by atoms with Gasteiger partial charge in [0.15, 0.2) is 0 Å². The fourth-order valence-electron chi connectivity index (χ4n) is 1.34. The summed E-state index contributed by atoms with van der Waals surface area (Å²) < 4.78 is 5.43. The fourth-order valence-corrected chi connectivity index (χ4v) is 1.49. The third kappa shape index (κ3) is 4.66. The number of halogens is 1. The van der Waals surface area contributed by atoms with Gasteiger partial charge in [-0.15, -0.1) is 0 Å². The Morgan fingerprint density at radius 1 is 1.31 bits per heavy atom. The molecule has 0 fully saturated rings. The molecule has 0 spiro atoms. The Bertz CT molecular complexity index is 320. The summed E-state index contributed by atoms with van der Waals surface area (Å²) in [6.45, 7) is 2.82. The highest BCUT2D eigenvalue weighted by molar-refractivity contribution is 6.31. The second kappa shape index (κ2) is 7.28. The van der Waals surface area contributed by atoms with Gasteiger partial charge in [0.25, 0.3) is 0 Å². The number of aromatic nitrogens is 2. The highest BCUT2D eigenvalue weighted by atomic mass is 35.5. The van der Waals surface area contributed by atoms with Crippen LogP contribution in [0.25, 0.3) is 0 Å². The summed E-state index contributed by atoms with van der Waals surface area (Å²) in [5.74, 6) is 0.565. The van der Waals surface area contributed by atoms with Crippen LogP contribution >= 0.6 is 11.6 Å². The molecule has 0 saturated heterocycles. The van der Waals surface area contributed by atoms with Crippen LogP contribution in [0.15, 0.2) is 6.20 Å². The third-order valence-electron chi connectivity index (χ3n) is 2.22. The van der Waals surface area contributed by atoms with Crippen LogP contribution in [-0.4, -0.2) is 16.6 Å². The van der Waals surface area contributed by atoms with E-state index in [-0.39, 0.29) is 5.95 Å². The van der Waals surface area contributed by atoms with Crippen LogP contribution in [0.2, 0.25) is 5.02 Å². The molecule has 0 atom stereocenters. The van der Waals surface area contributed by atoms with Gasteiger partial charge in [0.05, 0.1) is 12.8 Å².